The van der Waals surface area contributed by atoms with Crippen molar-refractivity contribution in [2.24, 2.45) is 0 Å². The monoisotopic (exact) mass is 219 g/mol. The van der Waals surface area contributed by atoms with Gasteiger partial charge in [0.25, 0.3) is 5.71 Å². The molecule has 0 bridgehead atoms. The Morgan fingerprint density at radius 1 is 1.25 bits per heavy atom. The maximum absolute atomic E-state index is 5.13. The van der Waals surface area contributed by atoms with E-state index in [1.54, 1.807) is 0 Å². The number of hydrogen-bond acceptors (Lipinski definition) is 6. The zero-order valence-electron chi connectivity index (χ0n) is 8.81. The lowest BCUT2D eigenvalue weighted by molar-refractivity contribution is 0.478. The van der Waals surface area contributed by atoms with Gasteiger partial charge in [-0.25, -0.2) is 9.97 Å². The molecule has 84 valence electrons. The van der Waals surface area contributed by atoms with Gasteiger partial charge in [-0.15, -0.1) is 0 Å². The molecule has 6 nitrogen and oxygen atoms in total. The lowest BCUT2D eigenvalue weighted by Crippen LogP contribution is -2.35. The van der Waals surface area contributed by atoms with Gasteiger partial charge in [0.05, 0.1) is 0 Å². The Bertz CT molecular complexity index is 477. The molecule has 0 atom stereocenters. The SMILES string of the molecule is c1nc(NC2CCNCC2)c2ncoc2n1. The normalized spacial score (nSPS) is 17.8. The lowest BCUT2D eigenvalue weighted by atomic mass is 10.1. The van der Waals surface area contributed by atoms with Crippen LogP contribution in [-0.2, 0) is 0 Å². The lowest BCUT2D eigenvalue weighted by Gasteiger charge is -2.23. The number of nitrogens with one attached hydrogen (secondary N) is 2. The van der Waals surface area contributed by atoms with E-state index < -0.39 is 0 Å². The molecule has 0 radical (unpaired) electrons. The fourth-order valence-electron chi connectivity index (χ4n) is 1.96. The summed E-state index contributed by atoms with van der Waals surface area (Å²) in [5, 5.41) is 6.72. The van der Waals surface area contributed by atoms with E-state index in [9.17, 15) is 0 Å². The summed E-state index contributed by atoms with van der Waals surface area (Å²) < 4.78 is 5.13. The van der Waals surface area contributed by atoms with Crippen molar-refractivity contribution in [3.05, 3.63) is 12.7 Å². The van der Waals surface area contributed by atoms with Crippen LogP contribution in [0.5, 0.6) is 0 Å². The molecule has 3 heterocycles. The van der Waals surface area contributed by atoms with Crippen LogP contribution in [0.15, 0.2) is 17.1 Å². The first-order valence-corrected chi connectivity index (χ1v) is 5.45. The Balaban J connectivity index is 1.85. The second-order valence-electron chi connectivity index (χ2n) is 3.90. The van der Waals surface area contributed by atoms with Crippen molar-refractivity contribution in [3.8, 4) is 0 Å². The van der Waals surface area contributed by atoms with Gasteiger partial charge >= 0.3 is 0 Å². The summed E-state index contributed by atoms with van der Waals surface area (Å²) in [6.45, 7) is 2.09. The van der Waals surface area contributed by atoms with E-state index in [1.807, 2.05) is 0 Å². The van der Waals surface area contributed by atoms with Gasteiger partial charge in [0.15, 0.2) is 17.7 Å². The van der Waals surface area contributed by atoms with E-state index in [2.05, 4.69) is 25.6 Å². The maximum Gasteiger partial charge on any atom is 0.251 e. The second kappa shape index (κ2) is 4.05. The zero-order chi connectivity index (χ0) is 10.8. The summed E-state index contributed by atoms with van der Waals surface area (Å²) in [5.74, 6) is 0.769. The number of piperidine rings is 1. The van der Waals surface area contributed by atoms with Crippen LogP contribution in [0.1, 0.15) is 12.8 Å². The number of hydrogen-bond donors (Lipinski definition) is 2. The Hall–Kier alpha value is -1.69. The van der Waals surface area contributed by atoms with Crippen molar-refractivity contribution >= 4 is 17.0 Å². The molecular formula is C10H13N5O. The van der Waals surface area contributed by atoms with Gasteiger partial charge in [-0.05, 0) is 25.9 Å². The van der Waals surface area contributed by atoms with E-state index in [0.717, 1.165) is 31.7 Å². The number of anilines is 1. The molecular weight excluding hydrogens is 206 g/mol. The predicted molar refractivity (Wildman–Crippen MR) is 59.1 cm³/mol. The molecule has 2 N–H and O–H groups in total. The highest BCUT2D eigenvalue weighted by atomic mass is 16.3. The van der Waals surface area contributed by atoms with E-state index in [4.69, 9.17) is 4.42 Å². The molecule has 2 aromatic rings. The Labute approximate surface area is 92.5 Å². The zero-order valence-corrected chi connectivity index (χ0v) is 8.81. The summed E-state index contributed by atoms with van der Waals surface area (Å²) in [4.78, 5) is 12.3. The van der Waals surface area contributed by atoms with Crippen LogP contribution < -0.4 is 10.6 Å². The standard InChI is InChI=1S/C10H13N5O/c1-3-11-4-2-7(1)15-9-8-10(13-5-12-9)16-6-14-8/h5-7,11H,1-4H2,(H,12,13,15). The minimum atomic E-state index is 0.455. The molecule has 1 aliphatic rings. The summed E-state index contributed by atoms with van der Waals surface area (Å²) in [6, 6.07) is 0.455. The highest BCUT2D eigenvalue weighted by Crippen LogP contribution is 2.19. The average molecular weight is 219 g/mol. The molecule has 1 aliphatic heterocycles. The molecule has 0 unspecified atom stereocenters. The van der Waals surface area contributed by atoms with Crippen molar-refractivity contribution in [1.82, 2.24) is 20.3 Å². The number of rotatable bonds is 2. The number of fused-ring (bicyclic) bond motifs is 1. The molecule has 2 aromatic heterocycles. The fraction of sp³-hybridized carbons (Fsp3) is 0.500. The van der Waals surface area contributed by atoms with Gasteiger partial charge < -0.3 is 15.1 Å². The summed E-state index contributed by atoms with van der Waals surface area (Å²) in [6.07, 6.45) is 5.09. The molecule has 0 amide bonds. The average Bonchev–Trinajstić information content (AvgIpc) is 2.80. The minimum absolute atomic E-state index is 0.455. The van der Waals surface area contributed by atoms with E-state index >= 15 is 0 Å². The van der Waals surface area contributed by atoms with Gasteiger partial charge in [-0.1, -0.05) is 0 Å². The van der Waals surface area contributed by atoms with Crippen LogP contribution >= 0.6 is 0 Å². The van der Waals surface area contributed by atoms with Crippen molar-refractivity contribution < 1.29 is 4.42 Å². The van der Waals surface area contributed by atoms with Crippen molar-refractivity contribution in [1.29, 1.82) is 0 Å². The first kappa shape index (κ1) is 9.53. The fourth-order valence-corrected chi connectivity index (χ4v) is 1.96. The Morgan fingerprint density at radius 2 is 2.12 bits per heavy atom. The molecule has 1 saturated heterocycles. The van der Waals surface area contributed by atoms with E-state index in [0.29, 0.717) is 17.3 Å². The van der Waals surface area contributed by atoms with Crippen LogP contribution in [0, 0.1) is 0 Å². The predicted octanol–water partition coefficient (Wildman–Crippen LogP) is 0.782. The van der Waals surface area contributed by atoms with Gasteiger partial charge in [-0.2, -0.15) is 4.98 Å². The largest absolute Gasteiger partial charge is 0.425 e. The van der Waals surface area contributed by atoms with Crippen molar-refractivity contribution in [3.63, 3.8) is 0 Å². The van der Waals surface area contributed by atoms with Crippen LogP contribution in [0.3, 0.4) is 0 Å². The van der Waals surface area contributed by atoms with Crippen LogP contribution in [0.25, 0.3) is 11.2 Å². The van der Waals surface area contributed by atoms with Crippen LogP contribution in [-0.4, -0.2) is 34.1 Å². The molecule has 6 heteroatoms. The van der Waals surface area contributed by atoms with Gasteiger partial charge in [0.2, 0.25) is 0 Å². The third-order valence-electron chi connectivity index (χ3n) is 2.81. The smallest absolute Gasteiger partial charge is 0.251 e. The van der Waals surface area contributed by atoms with Crippen LogP contribution in [0.4, 0.5) is 5.82 Å². The Kier molecular flexibility index (Phi) is 2.41. The highest BCUT2D eigenvalue weighted by Gasteiger charge is 2.15. The molecule has 3 rings (SSSR count). The van der Waals surface area contributed by atoms with Crippen molar-refractivity contribution in [2.75, 3.05) is 18.4 Å². The topological polar surface area (TPSA) is 75.9 Å². The Morgan fingerprint density at radius 3 is 3.00 bits per heavy atom. The van der Waals surface area contributed by atoms with Crippen molar-refractivity contribution in [2.45, 2.75) is 18.9 Å². The van der Waals surface area contributed by atoms with Gasteiger partial charge in [-0.3, -0.25) is 0 Å². The minimum Gasteiger partial charge on any atom is -0.425 e. The summed E-state index contributed by atoms with van der Waals surface area (Å²) in [7, 11) is 0. The number of aromatic nitrogens is 3. The maximum atomic E-state index is 5.13. The summed E-state index contributed by atoms with van der Waals surface area (Å²) in [5.41, 5.74) is 1.24. The first-order valence-electron chi connectivity index (χ1n) is 5.45. The third-order valence-corrected chi connectivity index (χ3v) is 2.81. The van der Waals surface area contributed by atoms with Gasteiger partial charge in [0, 0.05) is 6.04 Å². The summed E-state index contributed by atoms with van der Waals surface area (Å²) >= 11 is 0. The molecule has 0 aromatic carbocycles. The van der Waals surface area contributed by atoms with E-state index in [-0.39, 0.29) is 0 Å². The molecule has 0 spiro atoms. The second-order valence-corrected chi connectivity index (χ2v) is 3.90. The molecule has 0 saturated carbocycles. The first-order chi connectivity index (χ1) is 7.93. The molecule has 1 fully saturated rings. The molecule has 16 heavy (non-hydrogen) atoms. The highest BCUT2D eigenvalue weighted by molar-refractivity contribution is 5.80. The molecule has 0 aliphatic carbocycles. The van der Waals surface area contributed by atoms with Crippen LogP contribution in [0.2, 0.25) is 0 Å². The quantitative estimate of drug-likeness (QED) is 0.777. The third kappa shape index (κ3) is 1.71. The number of nitrogens with zero attached hydrogens (tertiary/aromatic N) is 3. The van der Waals surface area contributed by atoms with Gasteiger partial charge in [0.1, 0.15) is 6.33 Å². The van der Waals surface area contributed by atoms with E-state index in [1.165, 1.54) is 12.7 Å². The number of oxazole rings is 1.